The van der Waals surface area contributed by atoms with Crippen LogP contribution in [-0.4, -0.2) is 19.7 Å². The number of aryl methyl sites for hydroxylation is 1. The second-order valence-electron chi connectivity index (χ2n) is 3.42. The van der Waals surface area contributed by atoms with Gasteiger partial charge in [-0.3, -0.25) is 4.68 Å². The second-order valence-corrected chi connectivity index (χ2v) is 3.42. The second kappa shape index (κ2) is 2.80. The molecule has 4 heteroatoms. The van der Waals surface area contributed by atoms with Crippen molar-refractivity contribution in [1.29, 1.82) is 0 Å². The van der Waals surface area contributed by atoms with Gasteiger partial charge in [0, 0.05) is 7.05 Å². The van der Waals surface area contributed by atoms with Gasteiger partial charge in [0.05, 0.1) is 11.9 Å². The molecule has 0 atom stereocenters. The molecule has 0 saturated carbocycles. The number of hydrogen-bond donors (Lipinski definition) is 0. The van der Waals surface area contributed by atoms with Crippen LogP contribution in [0.1, 0.15) is 25.5 Å². The van der Waals surface area contributed by atoms with Crippen LogP contribution < -0.4 is 0 Å². The van der Waals surface area contributed by atoms with Crippen molar-refractivity contribution in [2.75, 3.05) is 0 Å². The predicted octanol–water partition coefficient (Wildman–Crippen LogP) is 1.49. The van der Waals surface area contributed by atoms with Crippen LogP contribution in [0.15, 0.2) is 12.5 Å². The van der Waals surface area contributed by atoms with E-state index in [-0.39, 0.29) is 0 Å². The first kappa shape index (κ1) is 8.16. The molecule has 68 valence electrons. The van der Waals surface area contributed by atoms with E-state index < -0.39 is 0 Å². The maximum Gasteiger partial charge on any atom is 0.116 e. The van der Waals surface area contributed by atoms with Gasteiger partial charge in [-0.2, -0.15) is 5.10 Å². The molecule has 0 aliphatic carbocycles. The zero-order valence-corrected chi connectivity index (χ0v) is 8.02. The first-order valence-corrected chi connectivity index (χ1v) is 4.32. The summed E-state index contributed by atoms with van der Waals surface area (Å²) in [7, 11) is 1.91. The molecule has 0 aliphatic rings. The summed E-state index contributed by atoms with van der Waals surface area (Å²) in [5.41, 5.74) is 3.02. The molecular formula is C9H12N4. The zero-order chi connectivity index (χ0) is 9.42. The molecule has 2 aromatic heterocycles. The van der Waals surface area contributed by atoms with Crippen LogP contribution >= 0.6 is 0 Å². The molecule has 0 fully saturated rings. The summed E-state index contributed by atoms with van der Waals surface area (Å²) < 4.78 is 1.82. The standard InChI is InChI=1S/C9H12N4/c1-6(2)8-9-7(10-5-11-8)4-12-13(9)3/h4-6H,1-3H3. The van der Waals surface area contributed by atoms with E-state index in [1.165, 1.54) is 0 Å². The van der Waals surface area contributed by atoms with Crippen molar-refractivity contribution in [3.05, 3.63) is 18.2 Å². The van der Waals surface area contributed by atoms with Crippen molar-refractivity contribution in [3.63, 3.8) is 0 Å². The van der Waals surface area contributed by atoms with E-state index in [9.17, 15) is 0 Å². The third-order valence-electron chi connectivity index (χ3n) is 2.10. The minimum Gasteiger partial charge on any atom is -0.264 e. The molecule has 2 heterocycles. The molecule has 0 unspecified atom stereocenters. The van der Waals surface area contributed by atoms with E-state index in [4.69, 9.17) is 0 Å². The van der Waals surface area contributed by atoms with Crippen LogP contribution in [0.5, 0.6) is 0 Å². The van der Waals surface area contributed by atoms with Gasteiger partial charge in [0.15, 0.2) is 0 Å². The average molecular weight is 176 g/mol. The molecule has 0 bridgehead atoms. The fraction of sp³-hybridized carbons (Fsp3) is 0.444. The van der Waals surface area contributed by atoms with Crippen molar-refractivity contribution in [2.45, 2.75) is 19.8 Å². The van der Waals surface area contributed by atoms with Crippen molar-refractivity contribution < 1.29 is 0 Å². The predicted molar refractivity (Wildman–Crippen MR) is 50.4 cm³/mol. The highest BCUT2D eigenvalue weighted by molar-refractivity contribution is 5.76. The first-order valence-electron chi connectivity index (χ1n) is 4.32. The number of hydrogen-bond acceptors (Lipinski definition) is 3. The highest BCUT2D eigenvalue weighted by atomic mass is 15.3. The SMILES string of the molecule is CC(C)c1ncnc2cnn(C)c12. The lowest BCUT2D eigenvalue weighted by Crippen LogP contribution is -1.99. The Morgan fingerprint density at radius 1 is 1.31 bits per heavy atom. The Morgan fingerprint density at radius 3 is 2.77 bits per heavy atom. The van der Waals surface area contributed by atoms with Crippen LogP contribution in [0.25, 0.3) is 11.0 Å². The van der Waals surface area contributed by atoms with Gasteiger partial charge < -0.3 is 0 Å². The quantitative estimate of drug-likeness (QED) is 0.661. The van der Waals surface area contributed by atoms with Crippen molar-refractivity contribution >= 4 is 11.0 Å². The number of fused-ring (bicyclic) bond motifs is 1. The molecular weight excluding hydrogens is 164 g/mol. The van der Waals surface area contributed by atoms with Gasteiger partial charge >= 0.3 is 0 Å². The molecule has 2 rings (SSSR count). The molecule has 0 spiro atoms. The van der Waals surface area contributed by atoms with Gasteiger partial charge in [0.2, 0.25) is 0 Å². The largest absolute Gasteiger partial charge is 0.264 e. The molecule has 4 nitrogen and oxygen atoms in total. The Morgan fingerprint density at radius 2 is 2.08 bits per heavy atom. The molecule has 0 amide bonds. The van der Waals surface area contributed by atoms with E-state index in [1.807, 2.05) is 11.7 Å². The lowest BCUT2D eigenvalue weighted by molar-refractivity contribution is 0.764. The Balaban J connectivity index is 2.80. The Hall–Kier alpha value is -1.45. The van der Waals surface area contributed by atoms with E-state index in [1.54, 1.807) is 12.5 Å². The highest BCUT2D eigenvalue weighted by Gasteiger charge is 2.10. The van der Waals surface area contributed by atoms with Gasteiger partial charge in [0.25, 0.3) is 0 Å². The maximum atomic E-state index is 4.27. The summed E-state index contributed by atoms with van der Waals surface area (Å²) in [4.78, 5) is 8.42. The fourth-order valence-corrected chi connectivity index (χ4v) is 1.45. The van der Waals surface area contributed by atoms with Crippen LogP contribution in [0.3, 0.4) is 0 Å². The van der Waals surface area contributed by atoms with E-state index in [0.29, 0.717) is 5.92 Å². The van der Waals surface area contributed by atoms with Crippen molar-refractivity contribution in [3.8, 4) is 0 Å². The van der Waals surface area contributed by atoms with Crippen LogP contribution in [-0.2, 0) is 7.05 Å². The first-order chi connectivity index (χ1) is 6.20. The van der Waals surface area contributed by atoms with Crippen LogP contribution in [0.4, 0.5) is 0 Å². The molecule has 0 N–H and O–H groups in total. The average Bonchev–Trinajstić information content (AvgIpc) is 2.48. The monoisotopic (exact) mass is 176 g/mol. The van der Waals surface area contributed by atoms with E-state index in [0.717, 1.165) is 16.7 Å². The summed E-state index contributed by atoms with van der Waals surface area (Å²) in [6, 6.07) is 0. The molecule has 0 radical (unpaired) electrons. The van der Waals surface area contributed by atoms with E-state index in [2.05, 4.69) is 28.9 Å². The van der Waals surface area contributed by atoms with E-state index >= 15 is 0 Å². The van der Waals surface area contributed by atoms with Gasteiger partial charge in [0.1, 0.15) is 17.4 Å². The zero-order valence-electron chi connectivity index (χ0n) is 8.02. The minimum absolute atomic E-state index is 0.404. The molecule has 13 heavy (non-hydrogen) atoms. The summed E-state index contributed by atoms with van der Waals surface area (Å²) in [6.45, 7) is 4.24. The van der Waals surface area contributed by atoms with Crippen molar-refractivity contribution in [2.24, 2.45) is 7.05 Å². The smallest absolute Gasteiger partial charge is 0.116 e. The third kappa shape index (κ3) is 1.18. The summed E-state index contributed by atoms with van der Waals surface area (Å²) in [6.07, 6.45) is 3.36. The fourth-order valence-electron chi connectivity index (χ4n) is 1.45. The number of rotatable bonds is 1. The van der Waals surface area contributed by atoms with Crippen LogP contribution in [0, 0.1) is 0 Å². The summed E-state index contributed by atoms with van der Waals surface area (Å²) in [5.74, 6) is 0.404. The molecule has 0 aliphatic heterocycles. The maximum absolute atomic E-state index is 4.27. The molecule has 0 saturated heterocycles. The minimum atomic E-state index is 0.404. The highest BCUT2D eigenvalue weighted by Crippen LogP contribution is 2.20. The summed E-state index contributed by atoms with van der Waals surface area (Å²) >= 11 is 0. The summed E-state index contributed by atoms with van der Waals surface area (Å²) in [5, 5.41) is 4.15. The molecule has 0 aromatic carbocycles. The van der Waals surface area contributed by atoms with Gasteiger partial charge in [-0.15, -0.1) is 0 Å². The van der Waals surface area contributed by atoms with Gasteiger partial charge in [-0.25, -0.2) is 9.97 Å². The lowest BCUT2D eigenvalue weighted by Gasteiger charge is -2.05. The van der Waals surface area contributed by atoms with Crippen molar-refractivity contribution in [1.82, 2.24) is 19.7 Å². The van der Waals surface area contributed by atoms with Gasteiger partial charge in [-0.05, 0) is 5.92 Å². The number of nitrogens with zero attached hydrogens (tertiary/aromatic N) is 4. The molecule has 2 aromatic rings. The van der Waals surface area contributed by atoms with Crippen LogP contribution in [0.2, 0.25) is 0 Å². The topological polar surface area (TPSA) is 43.6 Å². The lowest BCUT2D eigenvalue weighted by atomic mass is 10.1. The normalized spacial score (nSPS) is 11.4. The Kier molecular flexibility index (Phi) is 1.76. The van der Waals surface area contributed by atoms with Gasteiger partial charge in [-0.1, -0.05) is 13.8 Å². The Bertz CT molecular complexity index is 430. The number of aromatic nitrogens is 4. The Labute approximate surface area is 76.6 Å². The third-order valence-corrected chi connectivity index (χ3v) is 2.10.